The molecule has 2 unspecified atom stereocenters. The van der Waals surface area contributed by atoms with E-state index in [-0.39, 0.29) is 0 Å². The van der Waals surface area contributed by atoms with Crippen LogP contribution in [0.2, 0.25) is 5.15 Å². The maximum Gasteiger partial charge on any atom is 0.138 e. The Kier molecular flexibility index (Phi) is 4.13. The lowest BCUT2D eigenvalue weighted by Gasteiger charge is -2.33. The number of nitrogens with one attached hydrogen (secondary N) is 1. The van der Waals surface area contributed by atoms with Gasteiger partial charge in [-0.05, 0) is 31.7 Å². The molecular weight excluding hydrogens is 272 g/mol. The van der Waals surface area contributed by atoms with Crippen LogP contribution in [0.4, 0.5) is 5.82 Å². The molecule has 3 heterocycles. The van der Waals surface area contributed by atoms with Gasteiger partial charge >= 0.3 is 0 Å². The van der Waals surface area contributed by atoms with Gasteiger partial charge in [0.2, 0.25) is 0 Å². The molecule has 0 bridgehead atoms. The van der Waals surface area contributed by atoms with Crippen molar-refractivity contribution in [2.45, 2.75) is 57.5 Å². The van der Waals surface area contributed by atoms with E-state index >= 15 is 0 Å². The summed E-state index contributed by atoms with van der Waals surface area (Å²) in [5, 5.41) is 4.23. The first-order valence-electron chi connectivity index (χ1n) is 7.68. The molecule has 0 aliphatic carbocycles. The van der Waals surface area contributed by atoms with Gasteiger partial charge < -0.3 is 5.32 Å². The zero-order chi connectivity index (χ0) is 14.1. The molecule has 2 fully saturated rings. The number of aromatic nitrogens is 2. The predicted octanol–water partition coefficient (Wildman–Crippen LogP) is 3.29. The van der Waals surface area contributed by atoms with Gasteiger partial charge in [-0.3, -0.25) is 4.90 Å². The second-order valence-electron chi connectivity index (χ2n) is 6.22. The van der Waals surface area contributed by atoms with Gasteiger partial charge in [-0.25, -0.2) is 9.97 Å². The molecule has 2 aliphatic rings. The van der Waals surface area contributed by atoms with Crippen LogP contribution in [0.3, 0.4) is 0 Å². The van der Waals surface area contributed by atoms with Crippen LogP contribution in [-0.2, 0) is 0 Å². The van der Waals surface area contributed by atoms with Gasteiger partial charge in [-0.1, -0.05) is 31.9 Å². The van der Waals surface area contributed by atoms with E-state index in [1.807, 2.05) is 0 Å². The van der Waals surface area contributed by atoms with Crippen molar-refractivity contribution in [2.24, 2.45) is 0 Å². The SMILES string of the molecule is CC(C)c1c(Cl)ncnc1NC1CCN2CCCCC12. The van der Waals surface area contributed by atoms with Gasteiger partial charge in [0, 0.05) is 24.2 Å². The Morgan fingerprint density at radius 1 is 1.25 bits per heavy atom. The summed E-state index contributed by atoms with van der Waals surface area (Å²) in [6.45, 7) is 6.73. The molecule has 1 aromatic heterocycles. The van der Waals surface area contributed by atoms with Crippen molar-refractivity contribution in [3.05, 3.63) is 17.0 Å². The first kappa shape index (κ1) is 14.1. The molecule has 3 rings (SSSR count). The highest BCUT2D eigenvalue weighted by molar-refractivity contribution is 6.30. The molecule has 2 atom stereocenters. The van der Waals surface area contributed by atoms with Gasteiger partial charge in [0.25, 0.3) is 0 Å². The molecule has 1 N–H and O–H groups in total. The third-order valence-corrected chi connectivity index (χ3v) is 4.89. The molecule has 5 heteroatoms. The van der Waals surface area contributed by atoms with Crippen molar-refractivity contribution in [2.75, 3.05) is 18.4 Å². The molecule has 2 saturated heterocycles. The highest BCUT2D eigenvalue weighted by Crippen LogP contribution is 2.32. The smallest absolute Gasteiger partial charge is 0.138 e. The fraction of sp³-hybridized carbons (Fsp3) is 0.733. The van der Waals surface area contributed by atoms with Gasteiger partial charge in [0.15, 0.2) is 0 Å². The highest BCUT2D eigenvalue weighted by Gasteiger charge is 2.36. The van der Waals surface area contributed by atoms with E-state index in [2.05, 4.69) is 34.0 Å². The largest absolute Gasteiger partial charge is 0.365 e. The summed E-state index contributed by atoms with van der Waals surface area (Å²) in [5.41, 5.74) is 1.04. The average molecular weight is 295 g/mol. The van der Waals surface area contributed by atoms with E-state index in [0.717, 1.165) is 11.4 Å². The topological polar surface area (TPSA) is 41.1 Å². The van der Waals surface area contributed by atoms with Gasteiger partial charge in [0.05, 0.1) is 0 Å². The van der Waals surface area contributed by atoms with Crippen LogP contribution in [0.1, 0.15) is 51.0 Å². The molecule has 0 spiro atoms. The monoisotopic (exact) mass is 294 g/mol. The molecule has 2 aliphatic heterocycles. The first-order valence-corrected chi connectivity index (χ1v) is 8.05. The van der Waals surface area contributed by atoms with E-state index in [1.165, 1.54) is 38.8 Å². The Morgan fingerprint density at radius 3 is 2.90 bits per heavy atom. The van der Waals surface area contributed by atoms with Crippen LogP contribution in [0, 0.1) is 0 Å². The van der Waals surface area contributed by atoms with Crippen LogP contribution in [0.5, 0.6) is 0 Å². The fourth-order valence-corrected chi connectivity index (χ4v) is 3.94. The van der Waals surface area contributed by atoms with E-state index in [4.69, 9.17) is 11.6 Å². The van der Waals surface area contributed by atoms with Crippen LogP contribution in [0.15, 0.2) is 6.33 Å². The number of anilines is 1. The summed E-state index contributed by atoms with van der Waals surface area (Å²) in [7, 11) is 0. The number of nitrogens with zero attached hydrogens (tertiary/aromatic N) is 3. The summed E-state index contributed by atoms with van der Waals surface area (Å²) < 4.78 is 0. The van der Waals surface area contributed by atoms with Gasteiger partial charge in [0.1, 0.15) is 17.3 Å². The lowest BCUT2D eigenvalue weighted by atomic mass is 9.98. The molecule has 0 aromatic carbocycles. The lowest BCUT2D eigenvalue weighted by Crippen LogP contribution is -2.42. The minimum atomic E-state index is 0.329. The molecule has 0 radical (unpaired) electrons. The Balaban J connectivity index is 1.80. The minimum Gasteiger partial charge on any atom is -0.365 e. The van der Waals surface area contributed by atoms with E-state index in [9.17, 15) is 0 Å². The summed E-state index contributed by atoms with van der Waals surface area (Å²) in [4.78, 5) is 11.2. The Hall–Kier alpha value is -0.870. The number of rotatable bonds is 3. The molecule has 20 heavy (non-hydrogen) atoms. The second kappa shape index (κ2) is 5.86. The van der Waals surface area contributed by atoms with Gasteiger partial charge in [-0.15, -0.1) is 0 Å². The quantitative estimate of drug-likeness (QED) is 0.869. The zero-order valence-corrected chi connectivity index (χ0v) is 13.0. The van der Waals surface area contributed by atoms with Crippen molar-refractivity contribution >= 4 is 17.4 Å². The summed E-state index contributed by atoms with van der Waals surface area (Å²) >= 11 is 6.25. The number of hydrogen-bond acceptors (Lipinski definition) is 4. The van der Waals surface area contributed by atoms with E-state index in [1.54, 1.807) is 6.33 Å². The predicted molar refractivity (Wildman–Crippen MR) is 82.4 cm³/mol. The summed E-state index contributed by atoms with van der Waals surface area (Å²) in [6, 6.07) is 1.16. The van der Waals surface area contributed by atoms with Crippen molar-refractivity contribution in [3.63, 3.8) is 0 Å². The van der Waals surface area contributed by atoms with Crippen LogP contribution in [-0.4, -0.2) is 40.0 Å². The van der Waals surface area contributed by atoms with Crippen molar-refractivity contribution in [1.82, 2.24) is 14.9 Å². The fourth-order valence-electron chi connectivity index (χ4n) is 3.59. The summed E-state index contributed by atoms with van der Waals surface area (Å²) in [5.74, 6) is 1.26. The molecular formula is C15H23ClN4. The van der Waals surface area contributed by atoms with Gasteiger partial charge in [-0.2, -0.15) is 0 Å². The molecule has 1 aromatic rings. The number of halogens is 1. The average Bonchev–Trinajstić information content (AvgIpc) is 2.82. The zero-order valence-electron chi connectivity index (χ0n) is 12.3. The third kappa shape index (κ3) is 2.63. The Morgan fingerprint density at radius 2 is 2.10 bits per heavy atom. The standard InChI is InChI=1S/C15H23ClN4/c1-10(2)13-14(16)17-9-18-15(13)19-11-6-8-20-7-4-3-5-12(11)20/h9-12H,3-8H2,1-2H3,(H,17,18,19). The number of piperidine rings is 1. The normalized spacial score (nSPS) is 26.8. The Bertz CT molecular complexity index is 477. The van der Waals surface area contributed by atoms with Crippen LogP contribution >= 0.6 is 11.6 Å². The molecule has 110 valence electrons. The molecule has 0 amide bonds. The van der Waals surface area contributed by atoms with Crippen LogP contribution < -0.4 is 5.32 Å². The lowest BCUT2D eigenvalue weighted by molar-refractivity contribution is 0.192. The first-order chi connectivity index (χ1) is 9.66. The molecule has 0 saturated carbocycles. The summed E-state index contributed by atoms with van der Waals surface area (Å²) in [6.07, 6.45) is 6.75. The van der Waals surface area contributed by atoms with Crippen LogP contribution in [0.25, 0.3) is 0 Å². The van der Waals surface area contributed by atoms with Crippen molar-refractivity contribution in [3.8, 4) is 0 Å². The maximum atomic E-state index is 6.25. The highest BCUT2D eigenvalue weighted by atomic mass is 35.5. The van der Waals surface area contributed by atoms with E-state index in [0.29, 0.717) is 23.2 Å². The molecule has 4 nitrogen and oxygen atoms in total. The van der Waals surface area contributed by atoms with E-state index < -0.39 is 0 Å². The van der Waals surface area contributed by atoms with Crippen molar-refractivity contribution in [1.29, 1.82) is 0 Å². The maximum absolute atomic E-state index is 6.25. The Labute approximate surface area is 125 Å². The second-order valence-corrected chi connectivity index (χ2v) is 6.58. The van der Waals surface area contributed by atoms with Crippen molar-refractivity contribution < 1.29 is 0 Å². The number of hydrogen-bond donors (Lipinski definition) is 1. The third-order valence-electron chi connectivity index (χ3n) is 4.59. The number of fused-ring (bicyclic) bond motifs is 1. The minimum absolute atomic E-state index is 0.329.